The van der Waals surface area contributed by atoms with E-state index in [0.717, 1.165) is 25.0 Å². The molecule has 0 bridgehead atoms. The minimum Gasteiger partial charge on any atom is -0.446 e. The van der Waals surface area contributed by atoms with Crippen molar-refractivity contribution in [3.05, 3.63) is 11.8 Å². The number of amides is 2. The number of H-pyrrole nitrogens is 1. The third-order valence-electron chi connectivity index (χ3n) is 4.58. The first kappa shape index (κ1) is 14.9. The van der Waals surface area contributed by atoms with E-state index in [4.69, 9.17) is 4.74 Å². The first-order valence-electron chi connectivity index (χ1n) is 7.88. The van der Waals surface area contributed by atoms with Gasteiger partial charge in [-0.15, -0.1) is 0 Å². The molecule has 2 aliphatic rings. The van der Waals surface area contributed by atoms with Gasteiger partial charge in [0.15, 0.2) is 5.82 Å². The number of hydrogen-bond acceptors (Lipinski definition) is 4. The Balaban J connectivity index is 1.46. The highest BCUT2D eigenvalue weighted by Gasteiger charge is 2.32. The Kier molecular flexibility index (Phi) is 4.31. The molecule has 120 valence electrons. The maximum atomic E-state index is 11.9. The van der Waals surface area contributed by atoms with Gasteiger partial charge in [0.25, 0.3) is 0 Å². The maximum Gasteiger partial charge on any atom is 0.407 e. The van der Waals surface area contributed by atoms with Crippen LogP contribution in [-0.4, -0.2) is 34.8 Å². The van der Waals surface area contributed by atoms with Crippen LogP contribution in [0.15, 0.2) is 6.07 Å². The van der Waals surface area contributed by atoms with Gasteiger partial charge in [0.1, 0.15) is 6.10 Å². The molecule has 22 heavy (non-hydrogen) atoms. The molecule has 0 spiro atoms. The van der Waals surface area contributed by atoms with Gasteiger partial charge in [0, 0.05) is 23.7 Å². The lowest BCUT2D eigenvalue weighted by Crippen LogP contribution is -2.36. The number of hydrogen-bond donors (Lipinski definition) is 3. The molecule has 1 aromatic heterocycles. The lowest BCUT2D eigenvalue weighted by Gasteiger charge is -2.16. The molecule has 7 nitrogen and oxygen atoms in total. The van der Waals surface area contributed by atoms with Gasteiger partial charge in [-0.3, -0.25) is 9.89 Å². The molecule has 2 saturated carbocycles. The van der Waals surface area contributed by atoms with Crippen molar-refractivity contribution in [3.63, 3.8) is 0 Å². The Morgan fingerprint density at radius 3 is 3.00 bits per heavy atom. The van der Waals surface area contributed by atoms with Crippen molar-refractivity contribution >= 4 is 18.3 Å². The fourth-order valence-electron chi connectivity index (χ4n) is 3.10. The predicted molar refractivity (Wildman–Crippen MR) is 80.5 cm³/mol. The number of rotatable bonds is 6. The number of ether oxygens (including phenoxy) is 1. The van der Waals surface area contributed by atoms with Crippen molar-refractivity contribution in [1.29, 1.82) is 0 Å². The van der Waals surface area contributed by atoms with Crippen LogP contribution in [0.2, 0.25) is 0 Å². The van der Waals surface area contributed by atoms with E-state index in [0.29, 0.717) is 18.1 Å². The highest BCUT2D eigenvalue weighted by molar-refractivity contribution is 5.69. The second kappa shape index (κ2) is 6.37. The fraction of sp³-hybridized carbons (Fsp3) is 0.667. The van der Waals surface area contributed by atoms with E-state index < -0.39 is 0 Å². The molecule has 3 atom stereocenters. The summed E-state index contributed by atoms with van der Waals surface area (Å²) in [7, 11) is 0. The molecule has 7 heteroatoms. The normalized spacial score (nSPS) is 25.5. The zero-order valence-electron chi connectivity index (χ0n) is 12.7. The molecule has 1 aromatic rings. The van der Waals surface area contributed by atoms with E-state index in [9.17, 15) is 9.59 Å². The van der Waals surface area contributed by atoms with Crippen LogP contribution >= 0.6 is 0 Å². The summed E-state index contributed by atoms with van der Waals surface area (Å²) in [5.41, 5.74) is 0.974. The van der Waals surface area contributed by atoms with E-state index in [1.807, 2.05) is 13.0 Å². The zero-order chi connectivity index (χ0) is 15.5. The minimum atomic E-state index is -0.307. The lowest BCUT2D eigenvalue weighted by atomic mass is 10.0. The monoisotopic (exact) mass is 306 g/mol. The van der Waals surface area contributed by atoms with Gasteiger partial charge >= 0.3 is 6.09 Å². The summed E-state index contributed by atoms with van der Waals surface area (Å²) < 4.78 is 5.51. The van der Waals surface area contributed by atoms with Crippen LogP contribution < -0.4 is 10.6 Å². The van der Waals surface area contributed by atoms with E-state index in [-0.39, 0.29) is 24.2 Å². The molecule has 0 aliphatic heterocycles. The van der Waals surface area contributed by atoms with Crippen LogP contribution in [0.4, 0.5) is 10.6 Å². The van der Waals surface area contributed by atoms with Crippen molar-refractivity contribution in [2.45, 2.75) is 57.1 Å². The first-order valence-corrected chi connectivity index (χ1v) is 7.88. The summed E-state index contributed by atoms with van der Waals surface area (Å²) in [6, 6.07) is 2.03. The Morgan fingerprint density at radius 2 is 2.27 bits per heavy atom. The number of anilines is 1. The molecule has 0 aromatic carbocycles. The van der Waals surface area contributed by atoms with Gasteiger partial charge < -0.3 is 15.4 Å². The van der Waals surface area contributed by atoms with Crippen LogP contribution in [0.3, 0.4) is 0 Å². The number of aromatic nitrogens is 2. The predicted octanol–water partition coefficient (Wildman–Crippen LogP) is 2.14. The molecule has 2 fully saturated rings. The number of carbonyl (C=O) groups is 2. The van der Waals surface area contributed by atoms with Gasteiger partial charge in [-0.05, 0) is 44.9 Å². The third kappa shape index (κ3) is 3.58. The maximum absolute atomic E-state index is 11.9. The molecule has 0 saturated heterocycles. The topological polar surface area (TPSA) is 96.1 Å². The summed E-state index contributed by atoms with van der Waals surface area (Å²) in [6.07, 6.45) is 5.22. The quantitative estimate of drug-likeness (QED) is 0.702. The Hall–Kier alpha value is -2.05. The zero-order valence-corrected chi connectivity index (χ0v) is 12.7. The molecule has 2 unspecified atom stereocenters. The van der Waals surface area contributed by atoms with Gasteiger partial charge in [-0.2, -0.15) is 5.10 Å². The number of nitrogens with zero attached hydrogens (tertiary/aromatic N) is 1. The summed E-state index contributed by atoms with van der Waals surface area (Å²) in [4.78, 5) is 22.3. The van der Waals surface area contributed by atoms with E-state index in [1.54, 1.807) is 0 Å². The second-order valence-electron chi connectivity index (χ2n) is 6.28. The molecule has 3 N–H and O–H groups in total. The standard InChI is InChI=1S/C15H22N4O3/c1-9(10-2-3-10)17-15(21)22-12-5-4-11(6-12)13-7-14(16-8-20)19-18-13/h7-12H,2-6H2,1H3,(H,17,21)(H2,16,18,19,20)/t9-,11?,12?/m1/s1. The number of carbonyl (C=O) groups excluding carboxylic acids is 2. The fourth-order valence-corrected chi connectivity index (χ4v) is 3.10. The van der Waals surface area contributed by atoms with E-state index in [2.05, 4.69) is 20.8 Å². The van der Waals surface area contributed by atoms with Crippen molar-refractivity contribution in [3.8, 4) is 0 Å². The second-order valence-corrected chi connectivity index (χ2v) is 6.28. The molecule has 2 amide bonds. The van der Waals surface area contributed by atoms with Crippen LogP contribution in [0, 0.1) is 5.92 Å². The summed E-state index contributed by atoms with van der Waals surface area (Å²) in [5.74, 6) is 1.43. The van der Waals surface area contributed by atoms with E-state index in [1.165, 1.54) is 12.8 Å². The molecule has 2 aliphatic carbocycles. The Bertz CT molecular complexity index is 541. The average molecular weight is 306 g/mol. The Morgan fingerprint density at radius 1 is 1.45 bits per heavy atom. The minimum absolute atomic E-state index is 0.0535. The molecule has 1 heterocycles. The van der Waals surface area contributed by atoms with Crippen molar-refractivity contribution in [1.82, 2.24) is 15.5 Å². The molecule has 3 rings (SSSR count). The van der Waals surface area contributed by atoms with Crippen molar-refractivity contribution in [2.75, 3.05) is 5.32 Å². The molecule has 0 radical (unpaired) electrons. The largest absolute Gasteiger partial charge is 0.446 e. The number of nitrogens with one attached hydrogen (secondary N) is 3. The first-order chi connectivity index (χ1) is 10.7. The van der Waals surface area contributed by atoms with Crippen LogP contribution in [0.5, 0.6) is 0 Å². The third-order valence-corrected chi connectivity index (χ3v) is 4.58. The smallest absolute Gasteiger partial charge is 0.407 e. The Labute approximate surface area is 129 Å². The van der Waals surface area contributed by atoms with Gasteiger partial charge in [0.2, 0.25) is 6.41 Å². The number of alkyl carbamates (subject to hydrolysis) is 1. The average Bonchev–Trinajstić information content (AvgIpc) is 3.07. The van der Waals surface area contributed by atoms with Gasteiger partial charge in [-0.1, -0.05) is 0 Å². The van der Waals surface area contributed by atoms with Gasteiger partial charge in [0.05, 0.1) is 0 Å². The lowest BCUT2D eigenvalue weighted by molar-refractivity contribution is -0.105. The highest BCUT2D eigenvalue weighted by Crippen LogP contribution is 2.36. The van der Waals surface area contributed by atoms with Gasteiger partial charge in [-0.25, -0.2) is 4.79 Å². The van der Waals surface area contributed by atoms with Crippen LogP contribution in [-0.2, 0) is 9.53 Å². The summed E-state index contributed by atoms with van der Waals surface area (Å²) >= 11 is 0. The molecular weight excluding hydrogens is 284 g/mol. The van der Waals surface area contributed by atoms with E-state index >= 15 is 0 Å². The van der Waals surface area contributed by atoms with Crippen LogP contribution in [0.1, 0.15) is 50.6 Å². The molecular formula is C15H22N4O3. The summed E-state index contributed by atoms with van der Waals surface area (Å²) in [6.45, 7) is 2.03. The number of aromatic amines is 1. The van der Waals surface area contributed by atoms with Crippen molar-refractivity contribution < 1.29 is 14.3 Å². The van der Waals surface area contributed by atoms with Crippen LogP contribution in [0.25, 0.3) is 0 Å². The SMILES string of the molecule is C[C@@H](NC(=O)OC1CCC(c2cc(NC=O)n[nH]2)C1)C1CC1. The summed E-state index contributed by atoms with van der Waals surface area (Å²) in [5, 5.41) is 12.4. The van der Waals surface area contributed by atoms with Crippen molar-refractivity contribution in [2.24, 2.45) is 5.92 Å². The highest BCUT2D eigenvalue weighted by atomic mass is 16.6.